The van der Waals surface area contributed by atoms with Gasteiger partial charge >= 0.3 is 51.4 Å². The van der Waals surface area contributed by atoms with Crippen molar-refractivity contribution < 1.29 is 21.7 Å². The Balaban J connectivity index is -0.00000000500. The van der Waals surface area contributed by atoms with Gasteiger partial charge in [-0.1, -0.05) is 0 Å². The van der Waals surface area contributed by atoms with Gasteiger partial charge in [-0.25, -0.2) is 0 Å². The summed E-state index contributed by atoms with van der Waals surface area (Å²) in [6.45, 7) is 0. The fraction of sp³-hybridized carbons (Fsp3) is 0. The van der Waals surface area contributed by atoms with Gasteiger partial charge in [0.15, 0.2) is 0 Å². The van der Waals surface area contributed by atoms with Gasteiger partial charge in [0.25, 0.3) is 0 Å². The zero-order chi connectivity index (χ0) is 2.00. The van der Waals surface area contributed by atoms with Crippen molar-refractivity contribution in [1.82, 2.24) is 0 Å². The van der Waals surface area contributed by atoms with Crippen molar-refractivity contribution in [3.63, 3.8) is 0 Å². The van der Waals surface area contributed by atoms with Crippen LogP contribution in [0, 0.1) is 0 Å². The molecule has 0 saturated heterocycles. The van der Waals surface area contributed by atoms with Gasteiger partial charge in [-0.05, 0) is 9.47 Å². The van der Waals surface area contributed by atoms with E-state index in [0.29, 0.717) is 0 Å². The molecule has 1 nitrogen and oxygen atoms in total. The molecule has 0 spiro atoms. The molecule has 0 aliphatic carbocycles. The first kappa shape index (κ1) is 16.0. The molecule has 0 aromatic heterocycles. The summed E-state index contributed by atoms with van der Waals surface area (Å²) in [5.41, 5.74) is 0. The van der Waals surface area contributed by atoms with Gasteiger partial charge < -0.3 is 4.89 Å². The van der Waals surface area contributed by atoms with Crippen molar-refractivity contribution in [2.75, 3.05) is 0 Å². The Morgan fingerprint density at radius 1 is 1.25 bits per heavy atom. The van der Waals surface area contributed by atoms with Gasteiger partial charge in [-0.2, -0.15) is 0 Å². The summed E-state index contributed by atoms with van der Waals surface area (Å²) in [7, 11) is 1.42. The fourth-order valence-corrected chi connectivity index (χ4v) is 0. The molecular formula is H4CoKOP. The normalized spacial score (nSPS) is 1.50. The van der Waals surface area contributed by atoms with E-state index in [1.165, 1.54) is 9.47 Å². The van der Waals surface area contributed by atoms with Crippen molar-refractivity contribution in [2.45, 2.75) is 0 Å². The molecule has 4 heavy (non-hydrogen) atoms. The van der Waals surface area contributed by atoms with Crippen LogP contribution in [0.15, 0.2) is 0 Å². The summed E-state index contributed by atoms with van der Waals surface area (Å²) < 4.78 is 0. The summed E-state index contributed by atoms with van der Waals surface area (Å²) in [6.07, 6.45) is 0. The van der Waals surface area contributed by atoms with Crippen molar-refractivity contribution in [2.24, 2.45) is 0 Å². The molecule has 0 fully saturated rings. The van der Waals surface area contributed by atoms with E-state index in [4.69, 9.17) is 4.89 Å². The zero-order valence-electron chi connectivity index (χ0n) is 1.36. The predicted molar refractivity (Wildman–Crippen MR) is 19.1 cm³/mol. The van der Waals surface area contributed by atoms with Crippen LogP contribution in [-0.4, -0.2) is 56.3 Å². The Labute approximate surface area is 80.8 Å². The van der Waals surface area contributed by atoms with E-state index in [9.17, 15) is 0 Å². The second-order valence-electron chi connectivity index (χ2n) is 0. The van der Waals surface area contributed by atoms with Gasteiger partial charge in [0.2, 0.25) is 0 Å². The van der Waals surface area contributed by atoms with E-state index in [2.05, 4.69) is 0 Å². The van der Waals surface area contributed by atoms with E-state index >= 15 is 0 Å². The molecule has 25 valence electrons. The first-order valence-corrected chi connectivity index (χ1v) is 0.775. The third-order valence-corrected chi connectivity index (χ3v) is 0. The van der Waals surface area contributed by atoms with E-state index in [1.807, 2.05) is 0 Å². The van der Waals surface area contributed by atoms with E-state index in [0.717, 1.165) is 0 Å². The zero-order valence-corrected chi connectivity index (χ0v) is 3.55. The Morgan fingerprint density at radius 3 is 1.25 bits per heavy atom. The minimum atomic E-state index is 0. The number of rotatable bonds is 0. The molecule has 1 atom stereocenters. The molecule has 1 unspecified atom stereocenters. The summed E-state index contributed by atoms with van der Waals surface area (Å²) in [5.74, 6) is 0. The van der Waals surface area contributed by atoms with Crippen LogP contribution in [0.3, 0.4) is 0 Å². The first-order valence-electron chi connectivity index (χ1n) is 0.258. The monoisotopic (exact) mass is 149 g/mol. The van der Waals surface area contributed by atoms with E-state index in [1.54, 1.807) is 0 Å². The van der Waals surface area contributed by atoms with Crippen molar-refractivity contribution in [3.05, 3.63) is 0 Å². The summed E-state index contributed by atoms with van der Waals surface area (Å²) in [5, 5.41) is 0. The molecule has 0 heterocycles. The maximum atomic E-state index is 6.92. The number of hydrogen-bond donors (Lipinski definition) is 1. The molecule has 0 rings (SSSR count). The van der Waals surface area contributed by atoms with Crippen LogP contribution < -0.4 is 0 Å². The molecule has 1 radical (unpaired) electrons. The SMILES string of the molecule is OP.[Co].[KH]. The summed E-state index contributed by atoms with van der Waals surface area (Å²) >= 11 is 0. The van der Waals surface area contributed by atoms with Crippen LogP contribution in [-0.2, 0) is 16.8 Å². The average molecular weight is 149 g/mol. The van der Waals surface area contributed by atoms with Gasteiger partial charge in [0.05, 0.1) is 0 Å². The van der Waals surface area contributed by atoms with Crippen LogP contribution in [0.25, 0.3) is 0 Å². The van der Waals surface area contributed by atoms with Crippen LogP contribution >= 0.6 is 9.47 Å². The topological polar surface area (TPSA) is 20.2 Å². The van der Waals surface area contributed by atoms with E-state index < -0.39 is 0 Å². The quantitative estimate of drug-likeness (QED) is 0.350. The molecule has 0 saturated carbocycles. The third-order valence-electron chi connectivity index (χ3n) is 0. The van der Waals surface area contributed by atoms with Crippen molar-refractivity contribution in [3.8, 4) is 0 Å². The molecule has 0 aromatic rings. The van der Waals surface area contributed by atoms with Crippen molar-refractivity contribution >= 4 is 60.9 Å². The van der Waals surface area contributed by atoms with Crippen LogP contribution in [0.5, 0.6) is 0 Å². The van der Waals surface area contributed by atoms with Gasteiger partial charge in [0.1, 0.15) is 0 Å². The Kier molecular flexibility index (Phi) is 71.0. The van der Waals surface area contributed by atoms with Crippen molar-refractivity contribution in [1.29, 1.82) is 0 Å². The predicted octanol–water partition coefficient (Wildman–Crippen LogP) is -0.882. The molecule has 0 bridgehead atoms. The van der Waals surface area contributed by atoms with E-state index in [-0.39, 0.29) is 68.2 Å². The average Bonchev–Trinajstić information content (AvgIpc) is 1.00. The van der Waals surface area contributed by atoms with Crippen LogP contribution in [0.4, 0.5) is 0 Å². The molecule has 1 N–H and O–H groups in total. The number of hydrogen-bond acceptors (Lipinski definition) is 1. The minimum absolute atomic E-state index is 0. The summed E-state index contributed by atoms with van der Waals surface area (Å²) in [6, 6.07) is 0. The first-order chi connectivity index (χ1) is 1.00. The third kappa shape index (κ3) is 8.82. The molecule has 0 amide bonds. The van der Waals surface area contributed by atoms with Gasteiger partial charge in [-0.3, -0.25) is 0 Å². The van der Waals surface area contributed by atoms with Gasteiger partial charge in [0, 0.05) is 16.8 Å². The molecule has 0 aromatic carbocycles. The van der Waals surface area contributed by atoms with Gasteiger partial charge in [-0.15, -0.1) is 0 Å². The van der Waals surface area contributed by atoms with Crippen LogP contribution in [0.1, 0.15) is 0 Å². The van der Waals surface area contributed by atoms with Crippen LogP contribution in [0.2, 0.25) is 0 Å². The second kappa shape index (κ2) is 17.7. The molecule has 4 heteroatoms. The molecule has 0 aliphatic heterocycles. The fourth-order valence-electron chi connectivity index (χ4n) is 0. The Hall–Kier alpha value is 2.53. The molecule has 0 aliphatic rings. The Morgan fingerprint density at radius 2 is 1.25 bits per heavy atom. The summed E-state index contributed by atoms with van der Waals surface area (Å²) in [4.78, 5) is 6.92. The Bertz CT molecular complexity index is 8.00. The molecular weight excluding hydrogens is 145 g/mol. The standard InChI is InChI=1S/Co.K.H3OP.H/c;;1-2;/h;;1H,2H2;. The maximum absolute atomic E-state index is 6.92. The second-order valence-corrected chi connectivity index (χ2v) is 0.